The third-order valence-corrected chi connectivity index (χ3v) is 19.8. The molecule has 11 heterocycles. The van der Waals surface area contributed by atoms with E-state index < -0.39 is 11.9 Å². The van der Waals surface area contributed by atoms with E-state index in [0.717, 1.165) is 122 Å². The van der Waals surface area contributed by atoms with Crippen molar-refractivity contribution in [2.24, 2.45) is 0 Å². The van der Waals surface area contributed by atoms with Crippen molar-refractivity contribution in [3.63, 3.8) is 0 Å². The molecule has 1 saturated heterocycles. The minimum absolute atomic E-state index is 0. The average Bonchev–Trinajstić information content (AvgIpc) is 1.67. The molecule has 585 valence electrons. The monoisotopic (exact) mass is 1800 g/mol. The van der Waals surface area contributed by atoms with Crippen LogP contribution in [0.4, 0.5) is 11.4 Å². The molecule has 4 amide bonds. The van der Waals surface area contributed by atoms with Crippen LogP contribution in [0.1, 0.15) is 97.1 Å². The normalized spacial score (nSPS) is 12.6. The van der Waals surface area contributed by atoms with Gasteiger partial charge in [-0.3, -0.25) is 28.5 Å². The van der Waals surface area contributed by atoms with Gasteiger partial charge in [-0.05, 0) is 115 Å². The van der Waals surface area contributed by atoms with Crippen LogP contribution in [-0.4, -0.2) is 150 Å². The molecule has 0 saturated carbocycles. The predicted octanol–water partition coefficient (Wildman–Crippen LogP) is 14.4. The fourth-order valence-corrected chi connectivity index (χ4v) is 13.7. The molecular formula is C83H76BBr4N16O11. The third kappa shape index (κ3) is 22.1. The summed E-state index contributed by atoms with van der Waals surface area (Å²) in [5.74, 6) is -2.00. The lowest BCUT2D eigenvalue weighted by molar-refractivity contribution is 0.0583. The van der Waals surface area contributed by atoms with E-state index in [2.05, 4.69) is 116 Å². The number of hydrogen-bond donors (Lipinski definition) is 7. The number of esters is 2. The summed E-state index contributed by atoms with van der Waals surface area (Å²) in [4.78, 5) is 84.3. The number of halogens is 4. The molecule has 0 bridgehead atoms. The molecule has 0 spiro atoms. The van der Waals surface area contributed by atoms with Crippen molar-refractivity contribution in [2.75, 3.05) is 63.4 Å². The number of aromatic amines is 1. The Morgan fingerprint density at radius 3 is 1.49 bits per heavy atom. The number of aromatic nitrogens is 9. The Morgan fingerprint density at radius 2 is 1.01 bits per heavy atom. The van der Waals surface area contributed by atoms with Crippen LogP contribution in [0.2, 0.25) is 0 Å². The Bertz CT molecular complexity index is 5800. The molecule has 7 aromatic heterocycles. The summed E-state index contributed by atoms with van der Waals surface area (Å²) in [6, 6.07) is 61.7. The number of nitriles is 2. The highest BCUT2D eigenvalue weighted by Gasteiger charge is 2.24. The molecule has 0 atom stereocenters. The van der Waals surface area contributed by atoms with Crippen molar-refractivity contribution >= 4 is 180 Å². The number of carbonyl (C=O) groups excluding carboxylic acids is 6. The number of fused-ring (bicyclic) bond motifs is 11. The molecule has 32 heteroatoms. The van der Waals surface area contributed by atoms with Crippen molar-refractivity contribution in [1.82, 2.24) is 58.8 Å². The molecule has 14 aromatic rings. The average molecular weight is 1800 g/mol. The third-order valence-electron chi connectivity index (χ3n) is 18.0. The highest BCUT2D eigenvalue weighted by atomic mass is 79.9. The number of hydrogen-bond acceptors (Lipinski definition) is 15. The number of alkyl halides is 1. The maximum atomic E-state index is 12.7. The van der Waals surface area contributed by atoms with Crippen LogP contribution in [0.15, 0.2) is 220 Å². The van der Waals surface area contributed by atoms with Crippen LogP contribution in [0, 0.1) is 22.7 Å². The SMILES string of the molecule is C1CCOC1.COC(=O)c1cc2ccc(Br)cc2[nH]1.COC(=O)c1cc2ccc(Br)cc2n1CC#N.N#CCBr.Nc1ccc2cc3n(c2c1)CCNC3=O.O=C(Nc1ccc2cc3n(c2c1)CCNC3=O)c1cnn(Cc2ccccc2)c1.O=C(O)c1cnn(Cc2ccccc2)c1.O=C1NCCn2c1cc1ccc(Br)cc12.[B]. The first-order valence-electron chi connectivity index (χ1n) is 35.7. The number of H-pyrrole nitrogens is 1. The van der Waals surface area contributed by atoms with Gasteiger partial charge in [-0.15, -0.1) is 0 Å². The van der Waals surface area contributed by atoms with E-state index in [0.29, 0.717) is 72.9 Å². The van der Waals surface area contributed by atoms with Gasteiger partial charge in [-0.25, -0.2) is 14.4 Å². The first kappa shape index (κ1) is 85.1. The molecule has 4 aliphatic rings. The lowest BCUT2D eigenvalue weighted by Crippen LogP contribution is -2.34. The maximum Gasteiger partial charge on any atom is 0.354 e. The summed E-state index contributed by atoms with van der Waals surface area (Å²) >= 11 is 13.1. The Balaban J connectivity index is 0.000000145. The number of carboxylic acids is 1. The fraction of sp³-hybridized carbons (Fsp3) is 0.193. The van der Waals surface area contributed by atoms with Gasteiger partial charge in [0, 0.05) is 136 Å². The number of amides is 4. The van der Waals surface area contributed by atoms with Crippen molar-refractivity contribution < 1.29 is 52.9 Å². The van der Waals surface area contributed by atoms with E-state index in [1.54, 1.807) is 38.5 Å². The number of aromatic carboxylic acids is 1. The first-order chi connectivity index (χ1) is 55.2. The molecule has 0 unspecified atom stereocenters. The number of nitrogens with one attached hydrogen (secondary N) is 5. The summed E-state index contributed by atoms with van der Waals surface area (Å²) in [6.07, 6.45) is 8.74. The molecule has 115 heavy (non-hydrogen) atoms. The molecule has 4 aliphatic heterocycles. The molecule has 8 N–H and O–H groups in total. The number of carboxylic acid groups (broad SMARTS) is 1. The Kier molecular flexibility index (Phi) is 30.3. The van der Waals surface area contributed by atoms with Crippen LogP contribution >= 0.6 is 63.7 Å². The van der Waals surface area contributed by atoms with Gasteiger partial charge in [0.2, 0.25) is 0 Å². The zero-order valence-corrected chi connectivity index (χ0v) is 68.5. The highest BCUT2D eigenvalue weighted by molar-refractivity contribution is 9.11. The van der Waals surface area contributed by atoms with Crippen molar-refractivity contribution in [2.45, 2.75) is 52.1 Å². The lowest BCUT2D eigenvalue weighted by Gasteiger charge is -2.16. The van der Waals surface area contributed by atoms with Crippen LogP contribution in [0.3, 0.4) is 0 Å². The number of anilines is 2. The quantitative estimate of drug-likeness (QED) is 0.0289. The van der Waals surface area contributed by atoms with Gasteiger partial charge in [0.05, 0.1) is 84.8 Å². The van der Waals surface area contributed by atoms with Crippen molar-refractivity contribution in [1.29, 1.82) is 10.5 Å². The van der Waals surface area contributed by atoms with Crippen LogP contribution in [-0.2, 0) is 53.5 Å². The van der Waals surface area contributed by atoms with Gasteiger partial charge >= 0.3 is 17.9 Å². The first-order valence-corrected chi connectivity index (χ1v) is 39.2. The largest absolute Gasteiger partial charge is 0.478 e. The van der Waals surface area contributed by atoms with E-state index in [4.69, 9.17) is 30.8 Å². The smallest absolute Gasteiger partial charge is 0.354 e. The number of nitrogens with zero attached hydrogens (tertiary/aromatic N) is 10. The van der Waals surface area contributed by atoms with E-state index >= 15 is 0 Å². The maximum absolute atomic E-state index is 12.7. The summed E-state index contributed by atoms with van der Waals surface area (Å²) < 4.78 is 28.3. The number of rotatable bonds is 10. The van der Waals surface area contributed by atoms with Gasteiger partial charge in [0.15, 0.2) is 0 Å². The standard InChI is InChI=1S/C22H19N5O2.C12H9BrN2O2.C11H9BrN2O.C11H11N3O.C11H10N2O2.C10H8BrNO2.C4H8O.C2H2BrN.B/c28-21(17-12-24-26(14-17)13-15-4-2-1-3-5-15)25-18-7-6-16-10-20-22(29)23-8-9-27(20)19(16)11-18;1-17-12(16)11-6-8-2-3-9(13)7-10(8)15(11)5-4-14;2*12-8-2-1-7-5-10-11(15)13-3-4-14(10)9(7)6-8;14-11(15)10-6-12-13(8-10)7-9-4-2-1-3-5-9;1-14-10(13)9-4-6-2-3-7(11)5-8(6)12-9;1-2-4-5-3-1;3-1-2-4;/h1-7,10-12,14H,8-9,13H2,(H,23,29)(H,25,28);2-3,6-7H,5H2,1H3;1-2,5-6H,3-4H2,(H,13,15);1-2,5-6H,3-4,12H2,(H,13,15);1-6,8H,7H2,(H,14,15);2-5,12H,1H3;1-4H2;1H2;. The Labute approximate surface area is 695 Å². The summed E-state index contributed by atoms with van der Waals surface area (Å²) in [6.45, 7) is 7.69. The van der Waals surface area contributed by atoms with Gasteiger partial charge in [0.25, 0.3) is 23.6 Å². The zero-order valence-electron chi connectivity index (χ0n) is 62.2. The fourth-order valence-electron chi connectivity index (χ4n) is 12.7. The molecule has 27 nitrogen and oxygen atoms in total. The Morgan fingerprint density at radius 1 is 0.557 bits per heavy atom. The van der Waals surface area contributed by atoms with Gasteiger partial charge in [-0.1, -0.05) is 155 Å². The number of nitrogens with two attached hydrogens (primary N) is 1. The summed E-state index contributed by atoms with van der Waals surface area (Å²) in [7, 11) is 2.69. The highest BCUT2D eigenvalue weighted by Crippen LogP contribution is 2.30. The summed E-state index contributed by atoms with van der Waals surface area (Å²) in [5.41, 5.74) is 17.9. The van der Waals surface area contributed by atoms with Gasteiger partial charge in [-0.2, -0.15) is 20.7 Å². The lowest BCUT2D eigenvalue weighted by atomic mass is 10.2. The second-order valence-corrected chi connectivity index (χ2v) is 29.0. The minimum Gasteiger partial charge on any atom is -0.478 e. The molecule has 7 aromatic carbocycles. The van der Waals surface area contributed by atoms with Crippen LogP contribution in [0.25, 0.3) is 54.5 Å². The Hall–Kier alpha value is -12.3. The van der Waals surface area contributed by atoms with E-state index in [1.165, 1.54) is 39.5 Å². The topological polar surface area (TPSA) is 360 Å². The number of benzene rings is 7. The molecule has 3 radical (unpaired) electrons. The summed E-state index contributed by atoms with van der Waals surface area (Å²) in [5, 5.41) is 50.3. The number of methoxy groups -OCH3 is 2. The number of ether oxygens (including phenoxy) is 3. The minimum atomic E-state index is -0.950. The van der Waals surface area contributed by atoms with Crippen LogP contribution in [0.5, 0.6) is 0 Å². The number of carbonyl (C=O) groups is 7. The van der Waals surface area contributed by atoms with E-state index in [-0.39, 0.29) is 50.1 Å². The molecule has 1 fully saturated rings. The van der Waals surface area contributed by atoms with Crippen molar-refractivity contribution in [3.05, 3.63) is 271 Å². The van der Waals surface area contributed by atoms with E-state index in [1.807, 2.05) is 185 Å². The van der Waals surface area contributed by atoms with Gasteiger partial charge in [0.1, 0.15) is 35.0 Å². The second-order valence-electron chi connectivity index (χ2n) is 25.7. The van der Waals surface area contributed by atoms with Crippen molar-refractivity contribution in [3.8, 4) is 12.1 Å². The molecule has 0 aliphatic carbocycles. The zero-order chi connectivity index (χ0) is 80.8. The molecule has 18 rings (SSSR count). The van der Waals surface area contributed by atoms with E-state index in [9.17, 15) is 33.6 Å². The molecular weight excluding hydrogens is 1730 g/mol. The van der Waals surface area contributed by atoms with Gasteiger partial charge < -0.3 is 69.6 Å². The second kappa shape index (κ2) is 40.9. The van der Waals surface area contributed by atoms with Crippen LogP contribution < -0.4 is 27.0 Å². The number of nitrogen functional groups attached to an aromatic ring is 1. The predicted molar refractivity (Wildman–Crippen MR) is 455 cm³/mol.